The summed E-state index contributed by atoms with van der Waals surface area (Å²) in [5.74, 6) is 2.13. The van der Waals surface area contributed by atoms with E-state index in [1.807, 2.05) is 60.7 Å². The van der Waals surface area contributed by atoms with Crippen LogP contribution in [0.4, 0.5) is 5.69 Å². The summed E-state index contributed by atoms with van der Waals surface area (Å²) in [5.41, 5.74) is 3.01. The zero-order valence-electron chi connectivity index (χ0n) is 19.6. The molecule has 0 aromatic heterocycles. The van der Waals surface area contributed by atoms with Crippen LogP contribution in [0, 0.1) is 0 Å². The van der Waals surface area contributed by atoms with Gasteiger partial charge in [0.15, 0.2) is 0 Å². The van der Waals surface area contributed by atoms with Gasteiger partial charge in [-0.3, -0.25) is 9.69 Å². The van der Waals surface area contributed by atoms with Gasteiger partial charge < -0.3 is 19.7 Å². The second kappa shape index (κ2) is 10.2. The molecule has 2 aliphatic rings. The minimum Gasteiger partial charge on any atom is -0.495 e. The lowest BCUT2D eigenvalue weighted by Gasteiger charge is -2.36. The van der Waals surface area contributed by atoms with Gasteiger partial charge in [-0.25, -0.2) is 0 Å². The van der Waals surface area contributed by atoms with E-state index in [4.69, 9.17) is 9.47 Å². The highest BCUT2D eigenvalue weighted by Crippen LogP contribution is 2.43. The van der Waals surface area contributed by atoms with Crippen molar-refractivity contribution >= 4 is 11.6 Å². The first-order valence-corrected chi connectivity index (χ1v) is 12.0. The second-order valence-corrected chi connectivity index (χ2v) is 8.76. The van der Waals surface area contributed by atoms with Crippen molar-refractivity contribution < 1.29 is 14.3 Å². The summed E-state index contributed by atoms with van der Waals surface area (Å²) in [7, 11) is 1.72. The molecule has 0 atom stereocenters. The van der Waals surface area contributed by atoms with E-state index < -0.39 is 0 Å². The molecular weight excluding hydrogens is 426 g/mol. The molecule has 2 heterocycles. The Morgan fingerprint density at radius 2 is 1.53 bits per heavy atom. The summed E-state index contributed by atoms with van der Waals surface area (Å²) in [4.78, 5) is 18.1. The number of piperazine rings is 1. The number of amides is 1. The van der Waals surface area contributed by atoms with E-state index in [-0.39, 0.29) is 11.8 Å². The van der Waals surface area contributed by atoms with Crippen LogP contribution in [0.5, 0.6) is 17.2 Å². The fraction of sp³-hybridized carbons (Fsp3) is 0.321. The van der Waals surface area contributed by atoms with Crippen molar-refractivity contribution in [1.29, 1.82) is 0 Å². The Morgan fingerprint density at radius 1 is 0.912 bits per heavy atom. The molecule has 0 spiro atoms. The minimum atomic E-state index is -0.342. The molecule has 0 saturated carbocycles. The predicted molar refractivity (Wildman–Crippen MR) is 134 cm³/mol. The first kappa shape index (κ1) is 22.3. The zero-order valence-corrected chi connectivity index (χ0v) is 19.6. The third-order valence-electron chi connectivity index (χ3n) is 6.69. The van der Waals surface area contributed by atoms with E-state index in [9.17, 15) is 4.79 Å². The standard InChI is InChI=1S/C28H31N3O3/c1-33-26-14-7-4-11-23(26)31-19-17-30(18-20-31)16-8-15-29-28(32)27-21-9-2-5-12-24(21)34-25-13-6-3-10-22(25)27/h2-7,9-14,27H,8,15-20H2,1H3,(H,29,32). The Bertz CT molecular complexity index is 1100. The zero-order chi connectivity index (χ0) is 23.3. The Kier molecular flexibility index (Phi) is 6.67. The molecular formula is C28H31N3O3. The van der Waals surface area contributed by atoms with E-state index in [0.29, 0.717) is 6.54 Å². The lowest BCUT2D eigenvalue weighted by Crippen LogP contribution is -2.47. The van der Waals surface area contributed by atoms with Gasteiger partial charge in [-0.15, -0.1) is 0 Å². The molecule has 176 valence electrons. The molecule has 3 aromatic carbocycles. The highest BCUT2D eigenvalue weighted by atomic mass is 16.5. The average molecular weight is 458 g/mol. The number of nitrogens with one attached hydrogen (secondary N) is 1. The van der Waals surface area contributed by atoms with E-state index in [2.05, 4.69) is 27.2 Å². The van der Waals surface area contributed by atoms with Gasteiger partial charge in [0.25, 0.3) is 0 Å². The number of rotatable bonds is 7. The molecule has 0 unspecified atom stereocenters. The summed E-state index contributed by atoms with van der Waals surface area (Å²) >= 11 is 0. The topological polar surface area (TPSA) is 54.0 Å². The van der Waals surface area contributed by atoms with Gasteiger partial charge in [-0.05, 0) is 37.2 Å². The second-order valence-electron chi connectivity index (χ2n) is 8.76. The molecule has 6 heteroatoms. The number of carbonyl (C=O) groups is 1. The maximum absolute atomic E-state index is 13.2. The van der Waals surface area contributed by atoms with Gasteiger partial charge in [0.1, 0.15) is 17.2 Å². The van der Waals surface area contributed by atoms with Crippen LogP contribution in [0.15, 0.2) is 72.8 Å². The summed E-state index contributed by atoms with van der Waals surface area (Å²) < 4.78 is 11.5. The first-order valence-electron chi connectivity index (χ1n) is 12.0. The number of benzene rings is 3. The van der Waals surface area contributed by atoms with Crippen LogP contribution in [-0.4, -0.2) is 57.2 Å². The number of fused-ring (bicyclic) bond motifs is 2. The van der Waals surface area contributed by atoms with E-state index >= 15 is 0 Å². The summed E-state index contributed by atoms with van der Waals surface area (Å²) in [6.07, 6.45) is 0.924. The molecule has 1 amide bonds. The Hall–Kier alpha value is -3.51. The van der Waals surface area contributed by atoms with Gasteiger partial charge >= 0.3 is 0 Å². The largest absolute Gasteiger partial charge is 0.495 e. The number of anilines is 1. The highest BCUT2D eigenvalue weighted by molar-refractivity contribution is 5.89. The SMILES string of the molecule is COc1ccccc1N1CCN(CCCNC(=O)C2c3ccccc3Oc3ccccc32)CC1. The predicted octanol–water partition coefficient (Wildman–Crippen LogP) is 4.26. The monoisotopic (exact) mass is 457 g/mol. The summed E-state index contributed by atoms with van der Waals surface area (Å²) in [6.45, 7) is 5.60. The van der Waals surface area contributed by atoms with Crippen LogP contribution in [0.1, 0.15) is 23.5 Å². The van der Waals surface area contributed by atoms with Gasteiger partial charge in [-0.2, -0.15) is 0 Å². The maximum atomic E-state index is 13.2. The van der Waals surface area contributed by atoms with Crippen molar-refractivity contribution in [2.75, 3.05) is 51.3 Å². The molecule has 0 aliphatic carbocycles. The molecule has 2 aliphatic heterocycles. The smallest absolute Gasteiger partial charge is 0.232 e. The van der Waals surface area contributed by atoms with Gasteiger partial charge in [0.2, 0.25) is 5.91 Å². The van der Waals surface area contributed by atoms with Gasteiger partial charge in [0, 0.05) is 43.9 Å². The number of para-hydroxylation sites is 4. The van der Waals surface area contributed by atoms with Gasteiger partial charge in [-0.1, -0.05) is 48.5 Å². The van der Waals surface area contributed by atoms with Gasteiger partial charge in [0.05, 0.1) is 18.7 Å². The van der Waals surface area contributed by atoms with Crippen LogP contribution < -0.4 is 19.7 Å². The lowest BCUT2D eigenvalue weighted by atomic mass is 9.87. The van der Waals surface area contributed by atoms with Crippen LogP contribution >= 0.6 is 0 Å². The molecule has 34 heavy (non-hydrogen) atoms. The van der Waals surface area contributed by atoms with Crippen LogP contribution in [0.25, 0.3) is 0 Å². The Morgan fingerprint density at radius 3 is 2.21 bits per heavy atom. The number of methoxy groups -OCH3 is 1. The summed E-state index contributed by atoms with van der Waals surface area (Å²) in [6, 6.07) is 23.8. The van der Waals surface area contributed by atoms with Crippen molar-refractivity contribution in [2.24, 2.45) is 0 Å². The third-order valence-corrected chi connectivity index (χ3v) is 6.69. The molecule has 0 radical (unpaired) electrons. The van der Waals surface area contributed by atoms with E-state index in [0.717, 1.165) is 73.2 Å². The molecule has 3 aromatic rings. The maximum Gasteiger partial charge on any atom is 0.232 e. The fourth-order valence-corrected chi connectivity index (χ4v) is 4.91. The average Bonchev–Trinajstić information content (AvgIpc) is 2.90. The number of nitrogens with zero attached hydrogens (tertiary/aromatic N) is 2. The molecule has 5 rings (SSSR count). The molecule has 0 bridgehead atoms. The molecule has 1 N–H and O–H groups in total. The Balaban J connectivity index is 1.13. The first-order chi connectivity index (χ1) is 16.7. The fourth-order valence-electron chi connectivity index (χ4n) is 4.91. The van der Waals surface area contributed by atoms with Crippen molar-refractivity contribution in [3.8, 4) is 17.2 Å². The molecule has 6 nitrogen and oxygen atoms in total. The molecule has 1 fully saturated rings. The van der Waals surface area contributed by atoms with Crippen molar-refractivity contribution in [3.05, 3.63) is 83.9 Å². The summed E-state index contributed by atoms with van der Waals surface area (Å²) in [5, 5.41) is 3.18. The van der Waals surface area contributed by atoms with E-state index in [1.165, 1.54) is 0 Å². The quantitative estimate of drug-likeness (QED) is 0.538. The van der Waals surface area contributed by atoms with Crippen molar-refractivity contribution in [2.45, 2.75) is 12.3 Å². The number of hydrogen-bond donors (Lipinski definition) is 1. The Labute approximate surface area is 201 Å². The van der Waals surface area contributed by atoms with Crippen molar-refractivity contribution in [3.63, 3.8) is 0 Å². The number of hydrogen-bond acceptors (Lipinski definition) is 5. The normalized spacial score (nSPS) is 15.7. The van der Waals surface area contributed by atoms with Crippen LogP contribution in [0.2, 0.25) is 0 Å². The van der Waals surface area contributed by atoms with E-state index in [1.54, 1.807) is 7.11 Å². The number of carbonyl (C=O) groups excluding carboxylic acids is 1. The molecule has 1 saturated heterocycles. The van der Waals surface area contributed by atoms with Crippen LogP contribution in [-0.2, 0) is 4.79 Å². The lowest BCUT2D eigenvalue weighted by molar-refractivity contribution is -0.121. The van der Waals surface area contributed by atoms with Crippen molar-refractivity contribution in [1.82, 2.24) is 10.2 Å². The van der Waals surface area contributed by atoms with Crippen LogP contribution in [0.3, 0.4) is 0 Å². The third kappa shape index (κ3) is 4.59. The minimum absolute atomic E-state index is 0.0317. The highest BCUT2D eigenvalue weighted by Gasteiger charge is 2.32. The number of ether oxygens (including phenoxy) is 2.